The molecule has 2 heterocycles. The van der Waals surface area contributed by atoms with Gasteiger partial charge in [-0.2, -0.15) is 0 Å². The zero-order valence-electron chi connectivity index (χ0n) is 11.5. The molecular weight excluding hydrogens is 330 g/mol. The summed E-state index contributed by atoms with van der Waals surface area (Å²) in [5, 5.41) is 3.35. The minimum absolute atomic E-state index is 0. The number of rotatable bonds is 2. The number of nitrogens with zero attached hydrogens (tertiary/aromatic N) is 2. The first-order valence-corrected chi connectivity index (χ1v) is 7.18. The molecule has 2 rings (SSSR count). The molecule has 0 bridgehead atoms. The molecule has 1 aliphatic rings. The molecule has 1 saturated heterocycles. The molecule has 0 aliphatic carbocycles. The van der Waals surface area contributed by atoms with E-state index in [4.69, 9.17) is 0 Å². The van der Waals surface area contributed by atoms with Crippen molar-refractivity contribution in [1.29, 1.82) is 0 Å². The maximum absolute atomic E-state index is 12.5. The van der Waals surface area contributed by atoms with Gasteiger partial charge in [0.2, 0.25) is 0 Å². The Morgan fingerprint density at radius 3 is 2.79 bits per heavy atom. The lowest BCUT2D eigenvalue weighted by Gasteiger charge is -2.32. The van der Waals surface area contributed by atoms with Crippen LogP contribution < -0.4 is 5.32 Å². The third kappa shape index (κ3) is 3.74. The number of carbonyl (C=O) groups is 1. The SMILES string of the molecule is CC(C)n1cc(Br)cc1C(=O)N1CCN[C@@H](C)C1.Cl. The number of nitrogens with one attached hydrogen (secondary N) is 1. The van der Waals surface area contributed by atoms with E-state index in [0.717, 1.165) is 29.8 Å². The number of amides is 1. The molecule has 1 N–H and O–H groups in total. The van der Waals surface area contributed by atoms with Crippen molar-refractivity contribution in [3.63, 3.8) is 0 Å². The van der Waals surface area contributed by atoms with Crippen LogP contribution in [0.1, 0.15) is 37.3 Å². The smallest absolute Gasteiger partial charge is 0.270 e. The molecule has 0 spiro atoms. The molecule has 0 unspecified atom stereocenters. The normalized spacial score (nSPS) is 19.4. The van der Waals surface area contributed by atoms with Crippen molar-refractivity contribution in [2.75, 3.05) is 19.6 Å². The van der Waals surface area contributed by atoms with Crippen LogP contribution in [0.2, 0.25) is 0 Å². The van der Waals surface area contributed by atoms with Crippen molar-refractivity contribution >= 4 is 34.2 Å². The van der Waals surface area contributed by atoms with E-state index in [1.54, 1.807) is 0 Å². The highest BCUT2D eigenvalue weighted by molar-refractivity contribution is 9.10. The minimum Gasteiger partial charge on any atom is -0.340 e. The molecule has 6 heteroatoms. The number of hydrogen-bond donors (Lipinski definition) is 1. The Bertz CT molecular complexity index is 447. The molecule has 0 radical (unpaired) electrons. The average Bonchev–Trinajstić information content (AvgIpc) is 2.70. The van der Waals surface area contributed by atoms with Gasteiger partial charge >= 0.3 is 0 Å². The zero-order valence-corrected chi connectivity index (χ0v) is 13.9. The highest BCUT2D eigenvalue weighted by atomic mass is 79.9. The summed E-state index contributed by atoms with van der Waals surface area (Å²) in [6.07, 6.45) is 1.98. The van der Waals surface area contributed by atoms with Crippen LogP contribution in [0.25, 0.3) is 0 Å². The summed E-state index contributed by atoms with van der Waals surface area (Å²) in [4.78, 5) is 14.5. The highest BCUT2D eigenvalue weighted by Gasteiger charge is 2.24. The van der Waals surface area contributed by atoms with E-state index in [9.17, 15) is 4.79 Å². The molecule has 1 aliphatic heterocycles. The van der Waals surface area contributed by atoms with Gasteiger partial charge in [0.1, 0.15) is 5.69 Å². The topological polar surface area (TPSA) is 37.3 Å². The van der Waals surface area contributed by atoms with Crippen LogP contribution in [0.5, 0.6) is 0 Å². The van der Waals surface area contributed by atoms with E-state index < -0.39 is 0 Å². The van der Waals surface area contributed by atoms with Gasteiger partial charge in [-0.25, -0.2) is 0 Å². The van der Waals surface area contributed by atoms with E-state index in [-0.39, 0.29) is 24.4 Å². The number of carbonyl (C=O) groups excluding carboxylic acids is 1. The van der Waals surface area contributed by atoms with Gasteiger partial charge in [-0.3, -0.25) is 4.79 Å². The van der Waals surface area contributed by atoms with Crippen LogP contribution in [0.3, 0.4) is 0 Å². The van der Waals surface area contributed by atoms with Gasteiger partial charge in [0.15, 0.2) is 0 Å². The summed E-state index contributed by atoms with van der Waals surface area (Å²) in [6, 6.07) is 2.57. The molecule has 1 aromatic rings. The lowest BCUT2D eigenvalue weighted by Crippen LogP contribution is -2.51. The molecule has 108 valence electrons. The Morgan fingerprint density at radius 1 is 1.53 bits per heavy atom. The summed E-state index contributed by atoms with van der Waals surface area (Å²) < 4.78 is 2.99. The van der Waals surface area contributed by atoms with Crippen molar-refractivity contribution in [2.45, 2.75) is 32.9 Å². The van der Waals surface area contributed by atoms with Crippen LogP contribution in [0, 0.1) is 0 Å². The van der Waals surface area contributed by atoms with E-state index in [2.05, 4.69) is 42.0 Å². The Labute approximate surface area is 129 Å². The van der Waals surface area contributed by atoms with Gasteiger partial charge in [0.25, 0.3) is 5.91 Å². The molecule has 0 aromatic carbocycles. The lowest BCUT2D eigenvalue weighted by molar-refractivity contribution is 0.0696. The molecule has 1 fully saturated rings. The van der Waals surface area contributed by atoms with E-state index in [1.165, 1.54) is 0 Å². The number of piperazine rings is 1. The molecule has 19 heavy (non-hydrogen) atoms. The number of hydrogen-bond acceptors (Lipinski definition) is 2. The summed E-state index contributed by atoms with van der Waals surface area (Å²) in [7, 11) is 0. The van der Waals surface area contributed by atoms with Crippen molar-refractivity contribution in [3.8, 4) is 0 Å². The van der Waals surface area contributed by atoms with Crippen molar-refractivity contribution < 1.29 is 4.79 Å². The third-order valence-corrected chi connectivity index (χ3v) is 3.68. The van der Waals surface area contributed by atoms with E-state index >= 15 is 0 Å². The Kier molecular flexibility index (Phi) is 5.89. The fraction of sp³-hybridized carbons (Fsp3) is 0.615. The second kappa shape index (κ2) is 6.77. The maximum Gasteiger partial charge on any atom is 0.270 e. The average molecular weight is 351 g/mol. The maximum atomic E-state index is 12.5. The zero-order chi connectivity index (χ0) is 13.3. The first-order chi connectivity index (χ1) is 8.49. The Hall–Kier alpha value is -0.520. The summed E-state index contributed by atoms with van der Waals surface area (Å²) in [5.41, 5.74) is 0.769. The summed E-state index contributed by atoms with van der Waals surface area (Å²) >= 11 is 3.45. The van der Waals surface area contributed by atoms with Crippen LogP contribution in [0.15, 0.2) is 16.7 Å². The van der Waals surface area contributed by atoms with Gasteiger partial charge in [0, 0.05) is 42.4 Å². The van der Waals surface area contributed by atoms with Crippen molar-refractivity contribution in [2.24, 2.45) is 0 Å². The van der Waals surface area contributed by atoms with Gasteiger partial charge in [-0.15, -0.1) is 12.4 Å². The second-order valence-corrected chi connectivity index (χ2v) is 6.07. The van der Waals surface area contributed by atoms with E-state index in [1.807, 2.05) is 21.7 Å². The largest absolute Gasteiger partial charge is 0.340 e. The van der Waals surface area contributed by atoms with E-state index in [0.29, 0.717) is 6.04 Å². The summed E-state index contributed by atoms with van der Waals surface area (Å²) in [5.74, 6) is 0.128. The lowest BCUT2D eigenvalue weighted by atomic mass is 10.2. The first-order valence-electron chi connectivity index (χ1n) is 6.39. The van der Waals surface area contributed by atoms with Gasteiger partial charge in [-0.05, 0) is 42.8 Å². The van der Waals surface area contributed by atoms with Gasteiger partial charge in [0.05, 0.1) is 0 Å². The standard InChI is InChI=1S/C13H20BrN3O.ClH/c1-9(2)17-8-11(14)6-12(17)13(18)16-5-4-15-10(3)7-16;/h6,8-10,15H,4-5,7H2,1-3H3;1H/t10-;/m0./s1. The van der Waals surface area contributed by atoms with Crippen LogP contribution >= 0.6 is 28.3 Å². The minimum atomic E-state index is 0. The predicted octanol–water partition coefficient (Wildman–Crippen LogP) is 2.69. The quantitative estimate of drug-likeness (QED) is 0.890. The summed E-state index contributed by atoms with van der Waals surface area (Å²) in [6.45, 7) is 8.71. The molecule has 1 amide bonds. The van der Waals surface area contributed by atoms with Gasteiger partial charge in [-0.1, -0.05) is 0 Å². The molecule has 1 atom stereocenters. The van der Waals surface area contributed by atoms with Gasteiger partial charge < -0.3 is 14.8 Å². The van der Waals surface area contributed by atoms with Crippen LogP contribution in [-0.2, 0) is 0 Å². The first kappa shape index (κ1) is 16.5. The Morgan fingerprint density at radius 2 is 2.21 bits per heavy atom. The number of halogens is 2. The third-order valence-electron chi connectivity index (χ3n) is 3.25. The monoisotopic (exact) mass is 349 g/mol. The van der Waals surface area contributed by atoms with Crippen LogP contribution in [-0.4, -0.2) is 41.1 Å². The fourth-order valence-electron chi connectivity index (χ4n) is 2.32. The Balaban J connectivity index is 0.00000180. The van der Waals surface area contributed by atoms with Crippen molar-refractivity contribution in [3.05, 3.63) is 22.4 Å². The number of aromatic nitrogens is 1. The molecular formula is C13H21BrClN3O. The van der Waals surface area contributed by atoms with Crippen LogP contribution in [0.4, 0.5) is 0 Å². The molecule has 4 nitrogen and oxygen atoms in total. The second-order valence-electron chi connectivity index (χ2n) is 5.15. The molecule has 0 saturated carbocycles. The predicted molar refractivity (Wildman–Crippen MR) is 83.1 cm³/mol. The highest BCUT2D eigenvalue weighted by Crippen LogP contribution is 2.21. The fourth-order valence-corrected chi connectivity index (χ4v) is 2.76. The van der Waals surface area contributed by atoms with Crippen molar-refractivity contribution in [1.82, 2.24) is 14.8 Å². The molecule has 1 aromatic heterocycles.